The Balaban J connectivity index is 1.31. The molecule has 4 nitrogen and oxygen atoms in total. The van der Waals surface area contributed by atoms with Crippen LogP contribution in [0.2, 0.25) is 0 Å². The summed E-state index contributed by atoms with van der Waals surface area (Å²) in [5.74, 6) is 0.802. The van der Waals surface area contributed by atoms with E-state index in [1.165, 1.54) is 24.2 Å². The zero-order valence-corrected chi connectivity index (χ0v) is 14.4. The van der Waals surface area contributed by atoms with E-state index in [1.54, 1.807) is 0 Å². The van der Waals surface area contributed by atoms with Crippen LogP contribution in [0, 0.1) is 5.41 Å². The third-order valence-electron chi connectivity index (χ3n) is 5.14. The van der Waals surface area contributed by atoms with E-state index >= 15 is 0 Å². The zero-order chi connectivity index (χ0) is 16.4. The molecule has 0 bridgehead atoms. The number of thiophene rings is 1. The predicted octanol–water partition coefficient (Wildman–Crippen LogP) is 3.20. The molecular formula is C19H22N2O2S. The maximum absolute atomic E-state index is 12.4. The van der Waals surface area contributed by atoms with Gasteiger partial charge in [0.15, 0.2) is 0 Å². The number of rotatable bonds is 5. The highest BCUT2D eigenvalue weighted by molar-refractivity contribution is 7.12. The normalized spacial score (nSPS) is 21.4. The van der Waals surface area contributed by atoms with Gasteiger partial charge in [-0.15, -0.1) is 11.3 Å². The Morgan fingerprint density at radius 2 is 2.08 bits per heavy atom. The first kappa shape index (κ1) is 15.7. The summed E-state index contributed by atoms with van der Waals surface area (Å²) in [6.45, 7) is 2.67. The molecule has 1 saturated heterocycles. The van der Waals surface area contributed by atoms with Crippen molar-refractivity contribution in [1.29, 1.82) is 0 Å². The summed E-state index contributed by atoms with van der Waals surface area (Å²) in [6, 6.07) is 12.2. The average Bonchev–Trinajstić information content (AvgIpc) is 3.06. The van der Waals surface area contributed by atoms with Gasteiger partial charge in [-0.3, -0.25) is 4.79 Å². The van der Waals surface area contributed by atoms with Gasteiger partial charge in [0.2, 0.25) is 0 Å². The summed E-state index contributed by atoms with van der Waals surface area (Å²) in [5.41, 5.74) is 1.49. The van der Waals surface area contributed by atoms with Crippen LogP contribution in [-0.2, 0) is 6.61 Å². The quantitative estimate of drug-likeness (QED) is 0.877. The Hall–Kier alpha value is -1.85. The largest absolute Gasteiger partial charge is 0.488 e. The molecule has 0 radical (unpaired) electrons. The predicted molar refractivity (Wildman–Crippen MR) is 95.5 cm³/mol. The first-order valence-electron chi connectivity index (χ1n) is 8.52. The van der Waals surface area contributed by atoms with Crippen molar-refractivity contribution in [3.63, 3.8) is 0 Å². The highest BCUT2D eigenvalue weighted by Gasteiger charge is 2.54. The lowest BCUT2D eigenvalue weighted by molar-refractivity contribution is 0.0946. The first-order valence-corrected chi connectivity index (χ1v) is 9.40. The Morgan fingerprint density at radius 1 is 1.29 bits per heavy atom. The average molecular weight is 342 g/mol. The van der Waals surface area contributed by atoms with Crippen molar-refractivity contribution in [2.45, 2.75) is 31.9 Å². The summed E-state index contributed by atoms with van der Waals surface area (Å²) >= 11 is 1.45. The zero-order valence-electron chi connectivity index (χ0n) is 13.6. The van der Waals surface area contributed by atoms with E-state index in [-0.39, 0.29) is 5.91 Å². The summed E-state index contributed by atoms with van der Waals surface area (Å²) in [7, 11) is 0. The number of hydrogen-bond donors (Lipinski definition) is 2. The van der Waals surface area contributed by atoms with Gasteiger partial charge in [0.25, 0.3) is 5.91 Å². The molecule has 24 heavy (non-hydrogen) atoms. The number of ether oxygens (including phenoxy) is 1. The van der Waals surface area contributed by atoms with Gasteiger partial charge in [-0.2, -0.15) is 0 Å². The molecule has 2 N–H and O–H groups in total. The number of piperidine rings is 1. The number of carbonyl (C=O) groups excluding carboxylic acids is 1. The SMILES string of the molecule is O=C(NC1CC12CCNCC2)c1cc(OCc2ccccc2)cs1. The summed E-state index contributed by atoms with van der Waals surface area (Å²) in [4.78, 5) is 13.2. The molecule has 1 spiro atoms. The molecule has 1 aromatic carbocycles. The molecule has 2 aromatic rings. The van der Waals surface area contributed by atoms with Crippen molar-refractivity contribution in [3.05, 3.63) is 52.2 Å². The number of carbonyl (C=O) groups is 1. The van der Waals surface area contributed by atoms with Crippen LogP contribution < -0.4 is 15.4 Å². The van der Waals surface area contributed by atoms with E-state index in [1.807, 2.05) is 41.8 Å². The van der Waals surface area contributed by atoms with Gasteiger partial charge in [0, 0.05) is 17.5 Å². The number of nitrogens with one attached hydrogen (secondary N) is 2. The van der Waals surface area contributed by atoms with Gasteiger partial charge in [0.05, 0.1) is 4.88 Å². The molecule has 1 amide bonds. The molecule has 2 fully saturated rings. The summed E-state index contributed by atoms with van der Waals surface area (Å²) in [6.07, 6.45) is 3.48. The Labute approximate surface area is 146 Å². The van der Waals surface area contributed by atoms with Crippen LogP contribution in [0.4, 0.5) is 0 Å². The lowest BCUT2D eigenvalue weighted by Crippen LogP contribution is -2.35. The van der Waals surface area contributed by atoms with Gasteiger partial charge >= 0.3 is 0 Å². The molecule has 2 heterocycles. The Morgan fingerprint density at radius 3 is 2.88 bits per heavy atom. The molecule has 1 aliphatic carbocycles. The molecular weight excluding hydrogens is 320 g/mol. The van der Waals surface area contributed by atoms with Crippen LogP contribution in [0.5, 0.6) is 5.75 Å². The lowest BCUT2D eigenvalue weighted by atomic mass is 9.94. The third-order valence-corrected chi connectivity index (χ3v) is 6.05. The molecule has 1 unspecified atom stereocenters. The molecule has 1 aliphatic heterocycles. The molecule has 4 rings (SSSR count). The molecule has 1 saturated carbocycles. The fourth-order valence-electron chi connectivity index (χ4n) is 3.51. The summed E-state index contributed by atoms with van der Waals surface area (Å²) in [5, 5.41) is 8.50. The standard InChI is InChI=1S/C19H22N2O2S/c22-18(21-17-11-19(17)6-8-20-9-7-19)16-10-15(13-24-16)23-12-14-4-2-1-3-5-14/h1-5,10,13,17,20H,6-9,11-12H2,(H,21,22). The minimum Gasteiger partial charge on any atom is -0.488 e. The van der Waals surface area contributed by atoms with Crippen LogP contribution in [0.25, 0.3) is 0 Å². The minimum absolute atomic E-state index is 0.0370. The fourth-order valence-corrected chi connectivity index (χ4v) is 4.24. The van der Waals surface area contributed by atoms with E-state index in [9.17, 15) is 4.79 Å². The maximum Gasteiger partial charge on any atom is 0.261 e. The topological polar surface area (TPSA) is 50.4 Å². The van der Waals surface area contributed by atoms with Crippen LogP contribution in [0.3, 0.4) is 0 Å². The van der Waals surface area contributed by atoms with Crippen molar-refractivity contribution < 1.29 is 9.53 Å². The number of hydrogen-bond acceptors (Lipinski definition) is 4. The second kappa shape index (κ2) is 6.57. The van der Waals surface area contributed by atoms with E-state index < -0.39 is 0 Å². The highest BCUT2D eigenvalue weighted by Crippen LogP contribution is 2.52. The number of benzene rings is 1. The van der Waals surface area contributed by atoms with Crippen molar-refractivity contribution in [1.82, 2.24) is 10.6 Å². The van der Waals surface area contributed by atoms with Gasteiger partial charge in [0.1, 0.15) is 12.4 Å². The molecule has 126 valence electrons. The van der Waals surface area contributed by atoms with Crippen LogP contribution >= 0.6 is 11.3 Å². The third kappa shape index (κ3) is 3.32. The van der Waals surface area contributed by atoms with E-state index in [2.05, 4.69) is 10.6 Å². The van der Waals surface area contributed by atoms with Crippen molar-refractivity contribution in [3.8, 4) is 5.75 Å². The van der Waals surface area contributed by atoms with Gasteiger partial charge in [-0.05, 0) is 43.3 Å². The van der Waals surface area contributed by atoms with E-state index in [0.29, 0.717) is 18.1 Å². The van der Waals surface area contributed by atoms with Crippen LogP contribution in [-0.4, -0.2) is 25.0 Å². The Bertz CT molecular complexity index is 707. The van der Waals surface area contributed by atoms with Crippen LogP contribution in [0.15, 0.2) is 41.8 Å². The van der Waals surface area contributed by atoms with Crippen molar-refractivity contribution in [2.75, 3.05) is 13.1 Å². The maximum atomic E-state index is 12.4. The van der Waals surface area contributed by atoms with Gasteiger partial charge in [-0.1, -0.05) is 30.3 Å². The Kier molecular flexibility index (Phi) is 4.29. The van der Waals surface area contributed by atoms with E-state index in [0.717, 1.165) is 35.7 Å². The van der Waals surface area contributed by atoms with Gasteiger partial charge in [-0.25, -0.2) is 0 Å². The van der Waals surface area contributed by atoms with E-state index in [4.69, 9.17) is 4.74 Å². The van der Waals surface area contributed by atoms with Crippen molar-refractivity contribution in [2.24, 2.45) is 5.41 Å². The second-order valence-corrected chi connectivity index (χ2v) is 7.67. The lowest BCUT2D eigenvalue weighted by Gasteiger charge is -2.23. The molecule has 2 aliphatic rings. The molecule has 1 atom stereocenters. The monoisotopic (exact) mass is 342 g/mol. The smallest absolute Gasteiger partial charge is 0.261 e. The second-order valence-electron chi connectivity index (χ2n) is 6.76. The molecule has 5 heteroatoms. The highest BCUT2D eigenvalue weighted by atomic mass is 32.1. The van der Waals surface area contributed by atoms with Gasteiger partial charge < -0.3 is 15.4 Å². The fraction of sp³-hybridized carbons (Fsp3) is 0.421. The number of amides is 1. The van der Waals surface area contributed by atoms with Crippen molar-refractivity contribution >= 4 is 17.2 Å². The summed E-state index contributed by atoms with van der Waals surface area (Å²) < 4.78 is 5.78. The minimum atomic E-state index is 0.0370. The first-order chi connectivity index (χ1) is 11.8. The molecule has 1 aromatic heterocycles. The van der Waals surface area contributed by atoms with Crippen LogP contribution in [0.1, 0.15) is 34.5 Å².